The fraction of sp³-hybridized carbons (Fsp3) is 0.130. The average molecular weight is 373 g/mol. The number of hydrogen-bond acceptors (Lipinski definition) is 5. The molecular formula is C23H19NO4. The van der Waals surface area contributed by atoms with E-state index in [4.69, 9.17) is 9.15 Å². The molecule has 0 aliphatic rings. The molecule has 0 saturated heterocycles. The maximum Gasteiger partial charge on any atom is 0.338 e. The molecule has 0 amide bonds. The Balaban J connectivity index is 1.67. The van der Waals surface area contributed by atoms with Crippen molar-refractivity contribution in [3.63, 3.8) is 0 Å². The largest absolute Gasteiger partial charge is 0.457 e. The highest BCUT2D eigenvalue weighted by Crippen LogP contribution is 2.28. The number of carbonyl (C=O) groups is 1. The van der Waals surface area contributed by atoms with Crippen LogP contribution >= 0.6 is 0 Å². The summed E-state index contributed by atoms with van der Waals surface area (Å²) in [5.41, 5.74) is 2.09. The molecule has 0 fully saturated rings. The van der Waals surface area contributed by atoms with Crippen LogP contribution in [0.25, 0.3) is 21.7 Å². The molecule has 0 N–H and O–H groups in total. The third kappa shape index (κ3) is 3.34. The molecule has 0 aliphatic carbocycles. The molecule has 3 aromatic carbocycles. The van der Waals surface area contributed by atoms with Crippen molar-refractivity contribution < 1.29 is 13.9 Å². The van der Waals surface area contributed by atoms with Gasteiger partial charge in [-0.1, -0.05) is 30.3 Å². The number of benzene rings is 3. The molecule has 5 heteroatoms. The van der Waals surface area contributed by atoms with Crippen molar-refractivity contribution in [1.29, 1.82) is 0 Å². The quantitative estimate of drug-likeness (QED) is 0.302. The van der Waals surface area contributed by atoms with Gasteiger partial charge in [0.1, 0.15) is 12.2 Å². The smallest absolute Gasteiger partial charge is 0.338 e. The number of carbonyl (C=O) groups excluding carboxylic acids is 1. The first-order chi connectivity index (χ1) is 13.5. The topological polar surface area (TPSA) is 59.8 Å². The Kier molecular flexibility index (Phi) is 4.57. The van der Waals surface area contributed by atoms with E-state index in [-0.39, 0.29) is 6.61 Å². The Morgan fingerprint density at radius 3 is 2.50 bits per heavy atom. The van der Waals surface area contributed by atoms with E-state index in [9.17, 15) is 9.59 Å². The number of anilines is 1. The predicted octanol–water partition coefficient (Wildman–Crippen LogP) is 4.37. The highest BCUT2D eigenvalue weighted by molar-refractivity contribution is 6.07. The Bertz CT molecular complexity index is 1220. The van der Waals surface area contributed by atoms with Gasteiger partial charge in [0.2, 0.25) is 0 Å². The summed E-state index contributed by atoms with van der Waals surface area (Å²) in [5, 5.41) is 2.76. The molecule has 0 atom stereocenters. The van der Waals surface area contributed by atoms with Gasteiger partial charge in [-0.15, -0.1) is 0 Å². The summed E-state index contributed by atoms with van der Waals surface area (Å²) in [7, 11) is 3.87. The second-order valence-corrected chi connectivity index (χ2v) is 6.77. The minimum absolute atomic E-state index is 0.00955. The van der Waals surface area contributed by atoms with E-state index in [1.165, 1.54) is 6.07 Å². The third-order valence-electron chi connectivity index (χ3n) is 4.69. The molecule has 4 rings (SSSR count). The lowest BCUT2D eigenvalue weighted by atomic mass is 10.0. The molecule has 0 unspecified atom stereocenters. The molecule has 0 bridgehead atoms. The van der Waals surface area contributed by atoms with Gasteiger partial charge in [0.25, 0.3) is 0 Å². The van der Waals surface area contributed by atoms with Gasteiger partial charge >= 0.3 is 11.6 Å². The molecule has 4 aromatic rings. The van der Waals surface area contributed by atoms with Gasteiger partial charge in [0.15, 0.2) is 0 Å². The van der Waals surface area contributed by atoms with Crippen molar-refractivity contribution in [2.75, 3.05) is 19.0 Å². The maximum atomic E-state index is 12.4. The van der Waals surface area contributed by atoms with Crippen LogP contribution in [0.4, 0.5) is 5.69 Å². The zero-order chi connectivity index (χ0) is 19.7. The van der Waals surface area contributed by atoms with E-state index in [2.05, 4.69) is 0 Å². The summed E-state index contributed by atoms with van der Waals surface area (Å²) in [5.74, 6) is -0.438. The highest BCUT2D eigenvalue weighted by atomic mass is 16.5. The molecule has 0 saturated carbocycles. The zero-order valence-corrected chi connectivity index (χ0v) is 15.6. The summed E-state index contributed by atoms with van der Waals surface area (Å²) in [4.78, 5) is 26.3. The summed E-state index contributed by atoms with van der Waals surface area (Å²) >= 11 is 0. The van der Waals surface area contributed by atoms with E-state index in [0.29, 0.717) is 16.7 Å². The third-order valence-corrected chi connectivity index (χ3v) is 4.69. The van der Waals surface area contributed by atoms with Crippen LogP contribution in [0.15, 0.2) is 75.9 Å². The van der Waals surface area contributed by atoms with Gasteiger partial charge in [-0.25, -0.2) is 9.59 Å². The molecule has 0 aliphatic heterocycles. The zero-order valence-electron chi connectivity index (χ0n) is 15.6. The average Bonchev–Trinajstić information content (AvgIpc) is 2.71. The van der Waals surface area contributed by atoms with Crippen molar-refractivity contribution >= 4 is 33.4 Å². The minimum Gasteiger partial charge on any atom is -0.457 e. The predicted molar refractivity (Wildman–Crippen MR) is 110 cm³/mol. The second-order valence-electron chi connectivity index (χ2n) is 6.77. The van der Waals surface area contributed by atoms with Gasteiger partial charge in [0.05, 0.1) is 5.56 Å². The van der Waals surface area contributed by atoms with E-state index in [0.717, 1.165) is 21.8 Å². The molecule has 1 aromatic heterocycles. The van der Waals surface area contributed by atoms with Crippen LogP contribution in [0.5, 0.6) is 0 Å². The highest BCUT2D eigenvalue weighted by Gasteiger charge is 2.13. The fourth-order valence-electron chi connectivity index (χ4n) is 3.26. The molecule has 28 heavy (non-hydrogen) atoms. The first kappa shape index (κ1) is 17.8. The first-order valence-corrected chi connectivity index (χ1v) is 8.92. The Hall–Kier alpha value is -3.60. The van der Waals surface area contributed by atoms with Crippen LogP contribution in [0.1, 0.15) is 15.9 Å². The monoisotopic (exact) mass is 373 g/mol. The van der Waals surface area contributed by atoms with Gasteiger partial charge in [-0.05, 0) is 41.1 Å². The van der Waals surface area contributed by atoms with Crippen molar-refractivity contribution in [3.8, 4) is 0 Å². The van der Waals surface area contributed by atoms with Crippen LogP contribution in [0.3, 0.4) is 0 Å². The number of esters is 1. The van der Waals surface area contributed by atoms with Crippen LogP contribution in [0, 0.1) is 0 Å². The lowest BCUT2D eigenvalue weighted by Gasteiger charge is -2.13. The van der Waals surface area contributed by atoms with Crippen molar-refractivity contribution in [2.24, 2.45) is 0 Å². The van der Waals surface area contributed by atoms with E-state index in [1.807, 2.05) is 61.5 Å². The number of fused-ring (bicyclic) bond motifs is 3. The summed E-state index contributed by atoms with van der Waals surface area (Å²) in [6.45, 7) is -0.00955. The van der Waals surface area contributed by atoms with Crippen LogP contribution < -0.4 is 10.5 Å². The lowest BCUT2D eigenvalue weighted by Crippen LogP contribution is -2.10. The first-order valence-electron chi connectivity index (χ1n) is 8.92. The van der Waals surface area contributed by atoms with E-state index < -0.39 is 11.6 Å². The number of hydrogen-bond donors (Lipinski definition) is 0. The van der Waals surface area contributed by atoms with Gasteiger partial charge in [-0.2, -0.15) is 0 Å². The standard InChI is InChI=1S/C23H19NO4/c1-24(2)18-10-7-16(8-11-18)23(26)27-14-17-13-21(25)28-20-12-9-15-5-3-4-6-19(15)22(17)20/h3-13H,14H2,1-2H3. The molecule has 0 spiro atoms. The minimum atomic E-state index is -0.468. The lowest BCUT2D eigenvalue weighted by molar-refractivity contribution is 0.0474. The SMILES string of the molecule is CN(C)c1ccc(C(=O)OCc2cc(=O)oc3ccc4ccccc4c23)cc1. The van der Waals surface area contributed by atoms with Crippen molar-refractivity contribution in [1.82, 2.24) is 0 Å². The normalized spacial score (nSPS) is 10.9. The van der Waals surface area contributed by atoms with Crippen molar-refractivity contribution in [2.45, 2.75) is 6.61 Å². The molecule has 5 nitrogen and oxygen atoms in total. The van der Waals surface area contributed by atoms with E-state index in [1.54, 1.807) is 18.2 Å². The maximum absolute atomic E-state index is 12.4. The molecular weight excluding hydrogens is 354 g/mol. The number of rotatable bonds is 4. The summed E-state index contributed by atoms with van der Waals surface area (Å²) in [6.07, 6.45) is 0. The van der Waals surface area contributed by atoms with Gasteiger partial charge < -0.3 is 14.1 Å². The molecule has 140 valence electrons. The number of ether oxygens (including phenoxy) is 1. The van der Waals surface area contributed by atoms with Gasteiger partial charge in [-0.3, -0.25) is 0 Å². The van der Waals surface area contributed by atoms with Crippen LogP contribution in [0.2, 0.25) is 0 Å². The summed E-state index contributed by atoms with van der Waals surface area (Å²) < 4.78 is 10.8. The van der Waals surface area contributed by atoms with Gasteiger partial charge in [0, 0.05) is 36.8 Å². The summed E-state index contributed by atoms with van der Waals surface area (Å²) in [6, 6.07) is 20.1. The fourth-order valence-corrected chi connectivity index (χ4v) is 3.26. The van der Waals surface area contributed by atoms with Crippen molar-refractivity contribution in [3.05, 3.63) is 88.3 Å². The Morgan fingerprint density at radius 1 is 1.00 bits per heavy atom. The number of nitrogens with zero attached hydrogens (tertiary/aromatic N) is 1. The van der Waals surface area contributed by atoms with Crippen LogP contribution in [-0.4, -0.2) is 20.1 Å². The van der Waals surface area contributed by atoms with Crippen LogP contribution in [-0.2, 0) is 11.3 Å². The second kappa shape index (κ2) is 7.19. The van der Waals surface area contributed by atoms with E-state index >= 15 is 0 Å². The molecule has 1 heterocycles. The Morgan fingerprint density at radius 2 is 1.75 bits per heavy atom. The Labute approximate surface area is 161 Å². The molecule has 0 radical (unpaired) electrons.